The molecule has 2 heteroatoms. The van der Waals surface area contributed by atoms with Gasteiger partial charge in [0.1, 0.15) is 0 Å². The fourth-order valence-electron chi connectivity index (χ4n) is 6.58. The Morgan fingerprint density at radius 3 is 1.49 bits per heavy atom. The highest BCUT2D eigenvalue weighted by molar-refractivity contribution is 6.70. The summed E-state index contributed by atoms with van der Waals surface area (Å²) in [4.78, 5) is 2.39. The van der Waals surface area contributed by atoms with E-state index in [9.17, 15) is 0 Å². The van der Waals surface area contributed by atoms with Gasteiger partial charge >= 0.3 is 0 Å². The second-order valence-electron chi connectivity index (χ2n) is 12.5. The molecule has 7 rings (SSSR count). The van der Waals surface area contributed by atoms with Crippen LogP contribution in [0.4, 0.5) is 17.1 Å². The summed E-state index contributed by atoms with van der Waals surface area (Å²) in [6.45, 7) is 9.46. The quantitative estimate of drug-likeness (QED) is 0.180. The molecule has 1 nitrogen and oxygen atoms in total. The number of nitrogens with zero attached hydrogens (tertiary/aromatic N) is 1. The Labute approximate surface area is 257 Å². The van der Waals surface area contributed by atoms with Crippen molar-refractivity contribution in [3.8, 4) is 33.4 Å². The van der Waals surface area contributed by atoms with Gasteiger partial charge < -0.3 is 4.90 Å². The smallest absolute Gasteiger partial charge is 0.0647 e. The van der Waals surface area contributed by atoms with Crippen LogP contribution in [0.5, 0.6) is 0 Å². The van der Waals surface area contributed by atoms with Crippen molar-refractivity contribution in [3.63, 3.8) is 0 Å². The summed E-state index contributed by atoms with van der Waals surface area (Å²) in [6.07, 6.45) is 0. The maximum absolute atomic E-state index is 2.41. The van der Waals surface area contributed by atoms with Crippen LogP contribution in [0, 0.1) is 0 Å². The van der Waals surface area contributed by atoms with E-state index in [4.69, 9.17) is 0 Å². The lowest BCUT2D eigenvalue weighted by atomic mass is 9.82. The Hall–Kier alpha value is -4.66. The van der Waals surface area contributed by atoms with E-state index in [0.717, 1.165) is 11.4 Å². The van der Waals surface area contributed by atoms with E-state index >= 15 is 0 Å². The molecular weight excluding hydrogens is 535 g/mol. The molecule has 210 valence electrons. The number of fused-ring (bicyclic) bond motifs is 3. The first kappa shape index (κ1) is 27.2. The average molecular weight is 572 g/mol. The van der Waals surface area contributed by atoms with Gasteiger partial charge in [0.05, 0.1) is 8.80 Å². The van der Waals surface area contributed by atoms with Crippen LogP contribution in [-0.4, -0.2) is 8.80 Å². The topological polar surface area (TPSA) is 3.24 Å². The largest absolute Gasteiger partial charge is 0.310 e. The highest BCUT2D eigenvalue weighted by Gasteiger charge is 2.35. The molecular formula is C41H37NSi. The van der Waals surface area contributed by atoms with Gasteiger partial charge in [-0.15, -0.1) is 0 Å². The molecule has 0 aromatic heterocycles. The summed E-state index contributed by atoms with van der Waals surface area (Å²) in [5, 5.41) is 1.51. The molecule has 0 bridgehead atoms. The zero-order chi connectivity index (χ0) is 29.6. The number of hydrogen-bond donors (Lipinski definition) is 0. The zero-order valence-corrected chi connectivity index (χ0v) is 26.5. The minimum Gasteiger partial charge on any atom is -0.310 e. The molecule has 0 fully saturated rings. The van der Waals surface area contributed by atoms with Crippen molar-refractivity contribution in [1.82, 2.24) is 0 Å². The highest BCUT2D eigenvalue weighted by atomic mass is 28.3. The van der Waals surface area contributed by atoms with Crippen molar-refractivity contribution in [3.05, 3.63) is 157 Å². The molecule has 1 aliphatic carbocycles. The molecule has 0 atom stereocenters. The Kier molecular flexibility index (Phi) is 6.87. The maximum atomic E-state index is 2.41. The molecule has 0 amide bonds. The molecule has 0 spiro atoms. The van der Waals surface area contributed by atoms with Crippen LogP contribution in [0.3, 0.4) is 0 Å². The van der Waals surface area contributed by atoms with Gasteiger partial charge in [-0.25, -0.2) is 0 Å². The van der Waals surface area contributed by atoms with Crippen LogP contribution in [0.1, 0.15) is 25.0 Å². The molecule has 0 aliphatic heterocycles. The van der Waals surface area contributed by atoms with Crippen molar-refractivity contribution < 1.29 is 0 Å². The van der Waals surface area contributed by atoms with Crippen LogP contribution >= 0.6 is 0 Å². The molecule has 6 aromatic carbocycles. The van der Waals surface area contributed by atoms with E-state index in [1.165, 1.54) is 55.4 Å². The molecule has 6 aromatic rings. The summed E-state index contributed by atoms with van der Waals surface area (Å²) in [5.74, 6) is 0. The molecule has 0 unspecified atom stereocenters. The normalized spacial score (nSPS) is 13.0. The van der Waals surface area contributed by atoms with E-state index in [0.29, 0.717) is 0 Å². The summed E-state index contributed by atoms with van der Waals surface area (Å²) >= 11 is 0. The fraction of sp³-hybridized carbons (Fsp3) is 0.122. The lowest BCUT2D eigenvalue weighted by Gasteiger charge is -2.28. The fourth-order valence-corrected chi connectivity index (χ4v) is 7.54. The van der Waals surface area contributed by atoms with Crippen LogP contribution in [0.2, 0.25) is 13.1 Å². The third-order valence-corrected chi connectivity index (χ3v) is 10.8. The van der Waals surface area contributed by atoms with Crippen molar-refractivity contribution in [1.29, 1.82) is 0 Å². The first-order valence-electron chi connectivity index (χ1n) is 15.3. The summed E-state index contributed by atoms with van der Waals surface area (Å²) < 4.78 is 0. The Morgan fingerprint density at radius 1 is 0.442 bits per heavy atom. The first-order valence-corrected chi connectivity index (χ1v) is 18.2. The number of hydrogen-bond acceptors (Lipinski definition) is 1. The predicted molar refractivity (Wildman–Crippen MR) is 188 cm³/mol. The van der Waals surface area contributed by atoms with Crippen molar-refractivity contribution >= 4 is 31.0 Å². The third-order valence-electron chi connectivity index (χ3n) is 9.09. The van der Waals surface area contributed by atoms with Gasteiger partial charge in [0.25, 0.3) is 0 Å². The van der Waals surface area contributed by atoms with Gasteiger partial charge in [-0.1, -0.05) is 141 Å². The van der Waals surface area contributed by atoms with Gasteiger partial charge in [0.15, 0.2) is 0 Å². The number of anilines is 3. The first-order chi connectivity index (χ1) is 20.9. The molecule has 0 radical (unpaired) electrons. The number of rotatable bonds is 6. The van der Waals surface area contributed by atoms with Crippen molar-refractivity contribution in [2.75, 3.05) is 4.90 Å². The van der Waals surface area contributed by atoms with Crippen molar-refractivity contribution in [2.24, 2.45) is 0 Å². The van der Waals surface area contributed by atoms with Crippen LogP contribution in [0.25, 0.3) is 33.4 Å². The molecule has 0 saturated carbocycles. The molecule has 43 heavy (non-hydrogen) atoms. The molecule has 1 aliphatic rings. The molecule has 0 saturated heterocycles. The standard InChI is InChI=1S/C41H37NSi/c1-41(2)39-13-9-8-12-37(39)38-27-24-35(28-40(38)41)42(33-20-14-30(15-21-33)29-10-6-5-7-11-29)34-22-16-31(17-23-34)32-18-25-36(26-19-32)43(3)4/h5-28,43H,1-4H3. The third kappa shape index (κ3) is 4.92. The van der Waals surface area contributed by atoms with Crippen LogP contribution < -0.4 is 10.1 Å². The van der Waals surface area contributed by atoms with Gasteiger partial charge in [0.2, 0.25) is 0 Å². The monoisotopic (exact) mass is 571 g/mol. The maximum Gasteiger partial charge on any atom is 0.0647 e. The lowest BCUT2D eigenvalue weighted by Crippen LogP contribution is -2.21. The van der Waals surface area contributed by atoms with E-state index in [2.05, 4.69) is 177 Å². The SMILES string of the molecule is C[SiH](C)c1ccc(-c2ccc(N(c3ccc(-c4ccccc4)cc3)c3ccc4c(c3)C(C)(C)c3ccccc3-4)cc2)cc1. The Bertz CT molecular complexity index is 1880. The Balaban J connectivity index is 1.31. The zero-order valence-electron chi connectivity index (χ0n) is 25.4. The van der Waals surface area contributed by atoms with E-state index < -0.39 is 8.80 Å². The highest BCUT2D eigenvalue weighted by Crippen LogP contribution is 2.50. The van der Waals surface area contributed by atoms with Gasteiger partial charge in [-0.2, -0.15) is 0 Å². The molecule has 0 N–H and O–H groups in total. The summed E-state index contributed by atoms with van der Waals surface area (Å²) in [6, 6.07) is 53.6. The van der Waals surface area contributed by atoms with E-state index in [1.54, 1.807) is 0 Å². The van der Waals surface area contributed by atoms with E-state index in [1.807, 2.05) is 0 Å². The average Bonchev–Trinajstić information content (AvgIpc) is 3.28. The minimum atomic E-state index is -0.801. The predicted octanol–water partition coefficient (Wildman–Crippen LogP) is 10.5. The van der Waals surface area contributed by atoms with Crippen molar-refractivity contribution in [2.45, 2.75) is 32.4 Å². The summed E-state index contributed by atoms with van der Waals surface area (Å²) in [5.41, 5.74) is 13.8. The summed E-state index contributed by atoms with van der Waals surface area (Å²) in [7, 11) is -0.801. The van der Waals surface area contributed by atoms with Gasteiger partial charge in [-0.05, 0) is 80.9 Å². The van der Waals surface area contributed by atoms with E-state index in [-0.39, 0.29) is 5.41 Å². The molecule has 0 heterocycles. The van der Waals surface area contributed by atoms with Gasteiger partial charge in [-0.3, -0.25) is 0 Å². The van der Waals surface area contributed by atoms with Crippen LogP contribution in [0.15, 0.2) is 146 Å². The second-order valence-corrected chi connectivity index (χ2v) is 15.4. The number of benzene rings is 6. The van der Waals surface area contributed by atoms with Crippen LogP contribution in [-0.2, 0) is 5.41 Å². The second kappa shape index (κ2) is 10.9. The lowest BCUT2D eigenvalue weighted by molar-refractivity contribution is 0.660. The Morgan fingerprint density at radius 2 is 0.907 bits per heavy atom. The minimum absolute atomic E-state index is 0.0559. The van der Waals surface area contributed by atoms with Gasteiger partial charge in [0, 0.05) is 22.5 Å².